The maximum atomic E-state index is 12.3. The SMILES string of the molecule is COc1ccc(C(=O)C[C@H](CO)NC(=O)OC(C)(C)C)cc1OC. The van der Waals surface area contributed by atoms with Crippen molar-refractivity contribution < 1.29 is 28.9 Å². The van der Waals surface area contributed by atoms with Gasteiger partial charge in [0.15, 0.2) is 17.3 Å². The number of carbonyl (C=O) groups is 2. The number of Topliss-reactive ketones (excluding diaryl/α,β-unsaturated/α-hetero) is 1. The lowest BCUT2D eigenvalue weighted by atomic mass is 10.0. The van der Waals surface area contributed by atoms with Crippen LogP contribution in [0.15, 0.2) is 18.2 Å². The minimum atomic E-state index is -0.736. The normalized spacial score (nSPS) is 12.2. The maximum absolute atomic E-state index is 12.3. The molecular weight excluding hydrogens is 314 g/mol. The molecular formula is C17H25NO6. The molecule has 7 heteroatoms. The second kappa shape index (κ2) is 8.54. The van der Waals surface area contributed by atoms with E-state index in [9.17, 15) is 14.7 Å². The fourth-order valence-corrected chi connectivity index (χ4v) is 1.99. The summed E-state index contributed by atoms with van der Waals surface area (Å²) in [5.74, 6) is 0.703. The van der Waals surface area contributed by atoms with Crippen LogP contribution in [-0.4, -0.2) is 49.5 Å². The molecule has 0 radical (unpaired) electrons. The van der Waals surface area contributed by atoms with Crippen molar-refractivity contribution in [2.75, 3.05) is 20.8 Å². The van der Waals surface area contributed by atoms with E-state index in [-0.39, 0.29) is 18.8 Å². The number of ether oxygens (including phenoxy) is 3. The van der Waals surface area contributed by atoms with Gasteiger partial charge in [0.2, 0.25) is 0 Å². The highest BCUT2D eigenvalue weighted by Crippen LogP contribution is 2.28. The Balaban J connectivity index is 2.75. The molecule has 0 aliphatic rings. The summed E-state index contributed by atoms with van der Waals surface area (Å²) in [7, 11) is 2.98. The zero-order valence-corrected chi connectivity index (χ0v) is 14.7. The number of hydrogen-bond acceptors (Lipinski definition) is 6. The third kappa shape index (κ3) is 6.08. The lowest BCUT2D eigenvalue weighted by Gasteiger charge is -2.22. The third-order valence-corrected chi connectivity index (χ3v) is 3.08. The van der Waals surface area contributed by atoms with E-state index in [1.54, 1.807) is 39.0 Å². The van der Waals surface area contributed by atoms with Crippen molar-refractivity contribution in [3.63, 3.8) is 0 Å². The number of carbonyl (C=O) groups excluding carboxylic acids is 2. The molecule has 0 bridgehead atoms. The van der Waals surface area contributed by atoms with Crippen molar-refractivity contribution in [3.8, 4) is 11.5 Å². The average molecular weight is 339 g/mol. The van der Waals surface area contributed by atoms with Crippen LogP contribution in [0.3, 0.4) is 0 Å². The van der Waals surface area contributed by atoms with E-state index in [4.69, 9.17) is 14.2 Å². The van der Waals surface area contributed by atoms with E-state index < -0.39 is 17.7 Å². The molecule has 0 unspecified atom stereocenters. The molecule has 0 fully saturated rings. The molecule has 0 aliphatic heterocycles. The number of ketones is 1. The molecule has 0 saturated carbocycles. The van der Waals surface area contributed by atoms with Crippen LogP contribution in [0.2, 0.25) is 0 Å². The van der Waals surface area contributed by atoms with Crippen molar-refractivity contribution in [1.29, 1.82) is 0 Å². The average Bonchev–Trinajstić information content (AvgIpc) is 2.51. The Kier molecular flexibility index (Phi) is 7.03. The van der Waals surface area contributed by atoms with Gasteiger partial charge in [-0.2, -0.15) is 0 Å². The van der Waals surface area contributed by atoms with Gasteiger partial charge in [0.1, 0.15) is 5.60 Å². The van der Waals surface area contributed by atoms with E-state index in [1.807, 2.05) is 0 Å². The van der Waals surface area contributed by atoms with Crippen molar-refractivity contribution in [2.45, 2.75) is 38.8 Å². The van der Waals surface area contributed by atoms with Gasteiger partial charge >= 0.3 is 6.09 Å². The van der Waals surface area contributed by atoms with Crippen LogP contribution < -0.4 is 14.8 Å². The highest BCUT2D eigenvalue weighted by Gasteiger charge is 2.22. The number of methoxy groups -OCH3 is 2. The number of aliphatic hydroxyl groups excluding tert-OH is 1. The Morgan fingerprint density at radius 1 is 1.17 bits per heavy atom. The largest absolute Gasteiger partial charge is 0.493 e. The molecule has 0 spiro atoms. The molecule has 2 N–H and O–H groups in total. The Morgan fingerprint density at radius 3 is 2.29 bits per heavy atom. The maximum Gasteiger partial charge on any atom is 0.407 e. The monoisotopic (exact) mass is 339 g/mol. The van der Waals surface area contributed by atoms with Gasteiger partial charge < -0.3 is 24.6 Å². The van der Waals surface area contributed by atoms with E-state index in [0.717, 1.165) is 0 Å². The minimum Gasteiger partial charge on any atom is -0.493 e. The summed E-state index contributed by atoms with van der Waals surface area (Å²) in [5.41, 5.74) is -0.255. The van der Waals surface area contributed by atoms with Gasteiger partial charge in [-0.05, 0) is 39.0 Å². The molecule has 134 valence electrons. The molecule has 0 aliphatic carbocycles. The fraction of sp³-hybridized carbons (Fsp3) is 0.529. The molecule has 0 saturated heterocycles. The zero-order valence-electron chi connectivity index (χ0n) is 14.7. The summed E-state index contributed by atoms with van der Waals surface area (Å²) in [6.07, 6.45) is -0.743. The number of alkyl carbamates (subject to hydrolysis) is 1. The van der Waals surface area contributed by atoms with Crippen molar-refractivity contribution in [2.24, 2.45) is 0 Å². The van der Waals surface area contributed by atoms with E-state index >= 15 is 0 Å². The summed E-state index contributed by atoms with van der Waals surface area (Å²) >= 11 is 0. The zero-order chi connectivity index (χ0) is 18.3. The minimum absolute atomic E-state index is 0.0643. The molecule has 1 rings (SSSR count). The van der Waals surface area contributed by atoms with Crippen molar-refractivity contribution in [1.82, 2.24) is 5.32 Å². The van der Waals surface area contributed by atoms with Gasteiger partial charge in [-0.3, -0.25) is 4.79 Å². The highest BCUT2D eigenvalue weighted by atomic mass is 16.6. The standard InChI is InChI=1S/C17H25NO6/c1-17(2,3)24-16(21)18-12(10-19)9-13(20)11-6-7-14(22-4)15(8-11)23-5/h6-8,12,19H,9-10H2,1-5H3,(H,18,21)/t12-/m1/s1. The third-order valence-electron chi connectivity index (χ3n) is 3.08. The number of aliphatic hydroxyl groups is 1. The number of amides is 1. The highest BCUT2D eigenvalue weighted by molar-refractivity contribution is 5.97. The fourth-order valence-electron chi connectivity index (χ4n) is 1.99. The summed E-state index contributed by atoms with van der Waals surface area (Å²) in [5, 5.41) is 11.9. The summed E-state index contributed by atoms with van der Waals surface area (Å²) < 4.78 is 15.4. The van der Waals surface area contributed by atoms with E-state index in [1.165, 1.54) is 14.2 Å². The molecule has 1 amide bonds. The first-order chi connectivity index (χ1) is 11.2. The van der Waals surface area contributed by atoms with Crippen LogP contribution >= 0.6 is 0 Å². The Hall–Kier alpha value is -2.28. The number of nitrogens with one attached hydrogen (secondary N) is 1. The van der Waals surface area contributed by atoms with Gasteiger partial charge in [-0.1, -0.05) is 0 Å². The second-order valence-corrected chi connectivity index (χ2v) is 6.22. The topological polar surface area (TPSA) is 94.1 Å². The number of rotatable bonds is 7. The lowest BCUT2D eigenvalue weighted by Crippen LogP contribution is -2.42. The summed E-state index contributed by atoms with van der Waals surface area (Å²) in [6, 6.07) is 4.05. The van der Waals surface area contributed by atoms with Gasteiger partial charge in [0.05, 0.1) is 26.9 Å². The second-order valence-electron chi connectivity index (χ2n) is 6.22. The molecule has 1 atom stereocenters. The molecule has 1 aromatic carbocycles. The van der Waals surface area contributed by atoms with Gasteiger partial charge in [0, 0.05) is 12.0 Å². The Bertz CT molecular complexity index is 579. The molecule has 7 nitrogen and oxygen atoms in total. The van der Waals surface area contributed by atoms with Crippen LogP contribution in [0.5, 0.6) is 11.5 Å². The van der Waals surface area contributed by atoms with Crippen LogP contribution in [0.1, 0.15) is 37.6 Å². The van der Waals surface area contributed by atoms with Crippen LogP contribution in [0.4, 0.5) is 4.79 Å². The van der Waals surface area contributed by atoms with E-state index in [2.05, 4.69) is 5.32 Å². The van der Waals surface area contributed by atoms with Crippen LogP contribution in [0, 0.1) is 0 Å². The van der Waals surface area contributed by atoms with Crippen molar-refractivity contribution >= 4 is 11.9 Å². The predicted octanol–water partition coefficient (Wildman–Crippen LogP) is 2.16. The lowest BCUT2D eigenvalue weighted by molar-refractivity contribution is 0.0479. The van der Waals surface area contributed by atoms with Gasteiger partial charge in [0.25, 0.3) is 0 Å². The first-order valence-corrected chi connectivity index (χ1v) is 7.55. The number of benzene rings is 1. The molecule has 0 aromatic heterocycles. The first kappa shape index (κ1) is 19.8. The Labute approximate surface area is 141 Å². The molecule has 1 aromatic rings. The van der Waals surface area contributed by atoms with Gasteiger partial charge in [-0.25, -0.2) is 4.79 Å². The van der Waals surface area contributed by atoms with E-state index in [0.29, 0.717) is 17.1 Å². The van der Waals surface area contributed by atoms with Crippen molar-refractivity contribution in [3.05, 3.63) is 23.8 Å². The predicted molar refractivity (Wildman–Crippen MR) is 88.7 cm³/mol. The molecule has 0 heterocycles. The Morgan fingerprint density at radius 2 is 1.79 bits per heavy atom. The first-order valence-electron chi connectivity index (χ1n) is 7.55. The summed E-state index contributed by atoms with van der Waals surface area (Å²) in [4.78, 5) is 24.1. The van der Waals surface area contributed by atoms with Gasteiger partial charge in [-0.15, -0.1) is 0 Å². The van der Waals surface area contributed by atoms with Crippen LogP contribution in [0.25, 0.3) is 0 Å². The number of hydrogen-bond donors (Lipinski definition) is 2. The molecule has 24 heavy (non-hydrogen) atoms. The summed E-state index contributed by atoms with van der Waals surface area (Å²) in [6.45, 7) is 4.82. The smallest absolute Gasteiger partial charge is 0.407 e. The quantitative estimate of drug-likeness (QED) is 0.739. The van der Waals surface area contributed by atoms with Crippen LogP contribution in [-0.2, 0) is 4.74 Å².